The maximum absolute atomic E-state index is 12.4. The maximum Gasteiger partial charge on any atom is 0 e. The van der Waals surface area contributed by atoms with Crippen molar-refractivity contribution in [3.05, 3.63) is 96.3 Å². The van der Waals surface area contributed by atoms with Crippen LogP contribution < -0.4 is 0 Å². The normalized spacial score (nSPS) is 12.3. The number of Topliss-reactive ketones (excluding diaryl/α,β-unsaturated/α-hetero) is 1. The Bertz CT molecular complexity index is 769. The second kappa shape index (κ2) is 14.9. The summed E-state index contributed by atoms with van der Waals surface area (Å²) in [7, 11) is 0. The Kier molecular flexibility index (Phi) is 14.8. The SMILES string of the molecule is Cc1ccc(/C=C2\CCc3ccccc3C2=O)cc1.[C-]#[O+].[C-]#[O+].[C-]#[O+].[Cr]. The van der Waals surface area contributed by atoms with Gasteiger partial charge in [-0.1, -0.05) is 54.1 Å². The fraction of sp³-hybridized carbons (Fsp3) is 0.143. The van der Waals surface area contributed by atoms with Crippen LogP contribution in [0.3, 0.4) is 0 Å². The molecule has 5 heteroatoms. The molecule has 1 aliphatic carbocycles. The molecule has 4 nitrogen and oxygen atoms in total. The van der Waals surface area contributed by atoms with Gasteiger partial charge in [-0.25, -0.2) is 0 Å². The van der Waals surface area contributed by atoms with Crippen LogP contribution in [0.5, 0.6) is 0 Å². The van der Waals surface area contributed by atoms with Crippen LogP contribution in [0.1, 0.15) is 33.5 Å². The van der Waals surface area contributed by atoms with Gasteiger partial charge in [-0.15, -0.1) is 0 Å². The van der Waals surface area contributed by atoms with Crippen molar-refractivity contribution in [2.75, 3.05) is 0 Å². The summed E-state index contributed by atoms with van der Waals surface area (Å²) in [5.74, 6) is 0.183. The van der Waals surface area contributed by atoms with Crippen LogP contribution in [-0.4, -0.2) is 5.78 Å². The van der Waals surface area contributed by atoms with Gasteiger partial charge < -0.3 is 0 Å². The number of allylic oxidation sites excluding steroid dienone is 1. The summed E-state index contributed by atoms with van der Waals surface area (Å²) in [6.07, 6.45) is 3.82. The summed E-state index contributed by atoms with van der Waals surface area (Å²) in [4.78, 5) is 12.4. The first-order valence-corrected chi connectivity index (χ1v) is 7.25. The minimum absolute atomic E-state index is 0. The second-order valence-electron chi connectivity index (χ2n) is 5.07. The summed E-state index contributed by atoms with van der Waals surface area (Å²) in [5, 5.41) is 0. The van der Waals surface area contributed by atoms with Crippen molar-refractivity contribution in [3.8, 4) is 0 Å². The molecule has 0 saturated heterocycles. The third-order valence-corrected chi connectivity index (χ3v) is 3.64. The summed E-state index contributed by atoms with van der Waals surface area (Å²) >= 11 is 0. The number of ketones is 1. The molecule has 130 valence electrons. The van der Waals surface area contributed by atoms with Gasteiger partial charge in [0.2, 0.25) is 0 Å². The predicted molar refractivity (Wildman–Crippen MR) is 90.0 cm³/mol. The van der Waals surface area contributed by atoms with Crippen LogP contribution >= 0.6 is 0 Å². The minimum atomic E-state index is 0. The molecule has 2 aromatic carbocycles. The smallest absolute Gasteiger partial charge is 0 e. The number of carbonyl (C=O) groups excluding carboxylic acids is 1. The van der Waals surface area contributed by atoms with Gasteiger partial charge in [0.05, 0.1) is 0 Å². The molecular formula is C21H16CrO4. The van der Waals surface area contributed by atoms with E-state index in [-0.39, 0.29) is 23.1 Å². The molecule has 0 aromatic heterocycles. The van der Waals surface area contributed by atoms with Crippen molar-refractivity contribution in [1.82, 2.24) is 0 Å². The first-order chi connectivity index (χ1) is 12.2. The zero-order valence-electron chi connectivity index (χ0n) is 14.2. The quantitative estimate of drug-likeness (QED) is 0.414. The van der Waals surface area contributed by atoms with Gasteiger partial charge in [-0.05, 0) is 37.0 Å². The first-order valence-electron chi connectivity index (χ1n) is 7.25. The number of carbonyl (C=O) groups is 1. The molecule has 26 heavy (non-hydrogen) atoms. The van der Waals surface area contributed by atoms with Gasteiger partial charge in [0.25, 0.3) is 0 Å². The molecule has 0 bridgehead atoms. The van der Waals surface area contributed by atoms with E-state index in [1.165, 1.54) is 11.1 Å². The largest absolute Gasteiger partial charge is 0 e. The van der Waals surface area contributed by atoms with Crippen LogP contribution in [0.4, 0.5) is 0 Å². The van der Waals surface area contributed by atoms with E-state index in [9.17, 15) is 4.79 Å². The second-order valence-corrected chi connectivity index (χ2v) is 5.07. The monoisotopic (exact) mass is 384 g/mol. The zero-order valence-corrected chi connectivity index (χ0v) is 15.4. The average molecular weight is 384 g/mol. The van der Waals surface area contributed by atoms with Crippen LogP contribution in [0.15, 0.2) is 54.1 Å². The van der Waals surface area contributed by atoms with Crippen molar-refractivity contribution in [1.29, 1.82) is 0 Å². The molecule has 0 spiro atoms. The molecule has 0 aliphatic heterocycles. The minimum Gasteiger partial charge on any atom is 0 e. The van der Waals surface area contributed by atoms with Crippen LogP contribution in [-0.2, 0) is 37.7 Å². The van der Waals surface area contributed by atoms with Gasteiger partial charge in [-0.3, -0.25) is 4.79 Å². The molecule has 2 aromatic rings. The predicted octanol–water partition coefficient (Wildman–Crippen LogP) is 4.09. The fourth-order valence-corrected chi connectivity index (χ4v) is 2.52. The molecule has 0 radical (unpaired) electrons. The Balaban J connectivity index is 0. The maximum atomic E-state index is 12.4. The van der Waals surface area contributed by atoms with Crippen LogP contribution in [0, 0.1) is 26.9 Å². The Morgan fingerprint density at radius 2 is 1.38 bits per heavy atom. The van der Waals surface area contributed by atoms with Gasteiger partial charge in [0, 0.05) is 28.5 Å². The van der Waals surface area contributed by atoms with Crippen LogP contribution in [0.2, 0.25) is 0 Å². The third-order valence-electron chi connectivity index (χ3n) is 3.64. The van der Waals surface area contributed by atoms with E-state index >= 15 is 0 Å². The van der Waals surface area contributed by atoms with E-state index in [0.29, 0.717) is 0 Å². The molecular weight excluding hydrogens is 368 g/mol. The number of fused-ring (bicyclic) bond motifs is 1. The molecule has 0 unspecified atom stereocenters. The van der Waals surface area contributed by atoms with Crippen molar-refractivity contribution in [2.45, 2.75) is 19.8 Å². The molecule has 0 N–H and O–H groups in total. The number of hydrogen-bond acceptors (Lipinski definition) is 1. The molecule has 0 atom stereocenters. The summed E-state index contributed by atoms with van der Waals surface area (Å²) in [6.45, 7) is 15.6. The Morgan fingerprint density at radius 3 is 1.96 bits per heavy atom. The van der Waals surface area contributed by atoms with Crippen molar-refractivity contribution in [2.24, 2.45) is 0 Å². The molecule has 0 heterocycles. The third kappa shape index (κ3) is 7.23. The van der Waals surface area contributed by atoms with E-state index in [2.05, 4.69) is 57.2 Å². The van der Waals surface area contributed by atoms with Gasteiger partial charge >= 0.3 is 33.9 Å². The first kappa shape index (κ1) is 25.8. The standard InChI is InChI=1S/C18H16O.3CO.Cr/c1-13-6-8-14(9-7-13)12-16-11-10-15-4-2-3-5-17(15)18(16)19;3*1-2;/h2-9,12H,10-11H2,1H3;;;;/b16-12+;;;;. The Morgan fingerprint density at radius 1 is 0.846 bits per heavy atom. The molecule has 0 fully saturated rings. The van der Waals surface area contributed by atoms with Crippen molar-refractivity contribution < 1.29 is 36.1 Å². The molecule has 0 saturated carbocycles. The number of rotatable bonds is 1. The average Bonchev–Trinajstić information content (AvgIpc) is 2.71. The number of aryl methyl sites for hydroxylation is 2. The van der Waals surface area contributed by atoms with E-state index < -0.39 is 0 Å². The zero-order chi connectivity index (χ0) is 19.2. The van der Waals surface area contributed by atoms with Gasteiger partial charge in [0.15, 0.2) is 5.78 Å². The van der Waals surface area contributed by atoms with Crippen LogP contribution in [0.25, 0.3) is 6.08 Å². The van der Waals surface area contributed by atoms with Crippen molar-refractivity contribution >= 4 is 11.9 Å². The van der Waals surface area contributed by atoms with E-state index in [4.69, 9.17) is 14.0 Å². The van der Waals surface area contributed by atoms with Crippen molar-refractivity contribution in [3.63, 3.8) is 0 Å². The van der Waals surface area contributed by atoms with E-state index in [1.54, 1.807) is 0 Å². The topological polar surface area (TPSA) is 76.8 Å². The summed E-state index contributed by atoms with van der Waals surface area (Å²) in [6, 6.07) is 16.2. The van der Waals surface area contributed by atoms with Gasteiger partial charge in [0.1, 0.15) is 0 Å². The molecule has 1 aliphatic rings. The van der Waals surface area contributed by atoms with E-state index in [0.717, 1.165) is 29.5 Å². The Labute approximate surface area is 164 Å². The van der Waals surface area contributed by atoms with Gasteiger partial charge in [-0.2, -0.15) is 0 Å². The molecule has 0 amide bonds. The number of benzene rings is 2. The van der Waals surface area contributed by atoms with E-state index in [1.807, 2.05) is 24.3 Å². The summed E-state index contributed by atoms with van der Waals surface area (Å²) in [5.41, 5.74) is 5.30. The number of hydrogen-bond donors (Lipinski definition) is 0. The fourth-order valence-electron chi connectivity index (χ4n) is 2.52. The molecule has 3 rings (SSSR count). The summed E-state index contributed by atoms with van der Waals surface area (Å²) < 4.78 is 22.5. The Hall–Kier alpha value is -2.40.